The number of carbonyl (C=O) groups is 2. The normalized spacial score (nSPS) is 18.3. The molecular weight excluding hydrogens is 428 g/mol. The highest BCUT2D eigenvalue weighted by Crippen LogP contribution is 2.44. The summed E-state index contributed by atoms with van der Waals surface area (Å²) in [6.07, 6.45) is -0.620. The van der Waals surface area contributed by atoms with Crippen LogP contribution in [0, 0.1) is 10.1 Å². The van der Waals surface area contributed by atoms with Gasteiger partial charge in [-0.15, -0.1) is 0 Å². The Hall–Kier alpha value is -4.24. The first-order chi connectivity index (χ1) is 15.9. The Morgan fingerprint density at radius 1 is 1.06 bits per heavy atom. The topological polar surface area (TPSA) is 119 Å². The van der Waals surface area contributed by atoms with Crippen molar-refractivity contribution in [1.82, 2.24) is 0 Å². The second kappa shape index (κ2) is 7.72. The third kappa shape index (κ3) is 3.39. The van der Waals surface area contributed by atoms with E-state index in [1.165, 1.54) is 29.2 Å². The van der Waals surface area contributed by atoms with Crippen LogP contribution in [0.15, 0.2) is 66.7 Å². The maximum absolute atomic E-state index is 13.4. The molecule has 0 radical (unpaired) electrons. The van der Waals surface area contributed by atoms with Crippen LogP contribution in [0.2, 0.25) is 0 Å². The van der Waals surface area contributed by atoms with Crippen LogP contribution in [0.5, 0.6) is 11.5 Å². The van der Waals surface area contributed by atoms with Crippen molar-refractivity contribution in [3.05, 3.63) is 93.5 Å². The van der Waals surface area contributed by atoms with Gasteiger partial charge in [-0.2, -0.15) is 0 Å². The summed E-state index contributed by atoms with van der Waals surface area (Å²) in [7, 11) is 0. The summed E-state index contributed by atoms with van der Waals surface area (Å²) in [6.45, 7) is 0.256. The van der Waals surface area contributed by atoms with E-state index in [1.54, 1.807) is 42.5 Å². The van der Waals surface area contributed by atoms with Gasteiger partial charge in [0.15, 0.2) is 22.9 Å². The maximum Gasteiger partial charge on any atom is 0.280 e. The molecule has 0 spiro atoms. The number of amides is 1. The highest BCUT2D eigenvalue weighted by Gasteiger charge is 2.51. The lowest BCUT2D eigenvalue weighted by Crippen LogP contribution is -2.41. The van der Waals surface area contributed by atoms with E-state index in [2.05, 4.69) is 0 Å². The van der Waals surface area contributed by atoms with E-state index in [1.807, 2.05) is 0 Å². The van der Waals surface area contributed by atoms with Crippen molar-refractivity contribution in [1.29, 1.82) is 0 Å². The van der Waals surface area contributed by atoms with Crippen molar-refractivity contribution >= 4 is 23.1 Å². The fraction of sp³-hybridized carbons (Fsp3) is 0.167. The third-order valence-corrected chi connectivity index (χ3v) is 5.83. The van der Waals surface area contributed by atoms with Crippen molar-refractivity contribution in [2.24, 2.45) is 0 Å². The second-order valence-electron chi connectivity index (χ2n) is 7.83. The third-order valence-electron chi connectivity index (χ3n) is 5.83. The molecule has 1 N–H and O–H groups in total. The first-order valence-electron chi connectivity index (χ1n) is 10.2. The molecule has 5 rings (SSSR count). The average molecular weight is 446 g/mol. The predicted octanol–water partition coefficient (Wildman–Crippen LogP) is 3.33. The van der Waals surface area contributed by atoms with Crippen molar-refractivity contribution in [3.8, 4) is 11.5 Å². The van der Waals surface area contributed by atoms with Gasteiger partial charge in [0.25, 0.3) is 11.6 Å². The number of nitrogens with zero attached hydrogens (tertiary/aromatic N) is 2. The number of fused-ring (bicyclic) bond motifs is 2. The van der Waals surface area contributed by atoms with E-state index in [0.717, 1.165) is 5.56 Å². The lowest BCUT2D eigenvalue weighted by Gasteiger charge is -2.23. The molecule has 2 aliphatic rings. The Bertz CT molecular complexity index is 1310. The van der Waals surface area contributed by atoms with Gasteiger partial charge in [-0.05, 0) is 29.8 Å². The van der Waals surface area contributed by atoms with Crippen LogP contribution in [-0.4, -0.2) is 28.5 Å². The molecule has 166 valence electrons. The van der Waals surface area contributed by atoms with Gasteiger partial charge >= 0.3 is 0 Å². The smallest absolute Gasteiger partial charge is 0.280 e. The van der Waals surface area contributed by atoms with Crippen LogP contribution < -0.4 is 14.4 Å². The molecule has 0 fully saturated rings. The van der Waals surface area contributed by atoms with E-state index in [-0.39, 0.29) is 30.2 Å². The quantitative estimate of drug-likeness (QED) is 0.350. The molecule has 9 nitrogen and oxygen atoms in total. The molecule has 2 aliphatic heterocycles. The van der Waals surface area contributed by atoms with Gasteiger partial charge in [-0.1, -0.05) is 36.4 Å². The van der Waals surface area contributed by atoms with Crippen LogP contribution in [0.25, 0.3) is 0 Å². The first kappa shape index (κ1) is 20.7. The number of carbonyl (C=O) groups excluding carboxylic acids is 2. The fourth-order valence-electron chi connectivity index (χ4n) is 4.25. The van der Waals surface area contributed by atoms with E-state index in [0.29, 0.717) is 17.2 Å². The molecule has 0 saturated carbocycles. The van der Waals surface area contributed by atoms with Crippen LogP contribution in [0.1, 0.15) is 27.9 Å². The zero-order valence-electron chi connectivity index (χ0n) is 17.3. The number of para-hydroxylation sites is 2. The number of hydrogen-bond donors (Lipinski definition) is 1. The Labute approximate surface area is 187 Å². The standard InChI is InChI=1S/C24H18N2O7/c27-20(16-5-1-3-7-18(16)26(30)31)12-24(29)17-6-2-4-8-19(17)25(23(24)28)13-15-9-10-21-22(11-15)33-14-32-21/h1-11,29H,12-14H2. The van der Waals surface area contributed by atoms with Crippen LogP contribution in [0.4, 0.5) is 11.4 Å². The molecule has 33 heavy (non-hydrogen) atoms. The van der Waals surface area contributed by atoms with Crippen molar-refractivity contribution in [2.75, 3.05) is 11.7 Å². The average Bonchev–Trinajstić information content (AvgIpc) is 3.36. The van der Waals surface area contributed by atoms with Crippen molar-refractivity contribution < 1.29 is 29.1 Å². The maximum atomic E-state index is 13.4. The summed E-state index contributed by atoms with van der Waals surface area (Å²) in [6, 6.07) is 17.4. The number of benzene rings is 3. The van der Waals surface area contributed by atoms with E-state index < -0.39 is 28.6 Å². The highest BCUT2D eigenvalue weighted by atomic mass is 16.7. The minimum atomic E-state index is -2.15. The molecule has 1 atom stereocenters. The highest BCUT2D eigenvalue weighted by molar-refractivity contribution is 6.11. The summed E-state index contributed by atoms with van der Waals surface area (Å²) >= 11 is 0. The predicted molar refractivity (Wildman–Crippen MR) is 116 cm³/mol. The van der Waals surface area contributed by atoms with Gasteiger partial charge in [0.2, 0.25) is 6.79 Å². The van der Waals surface area contributed by atoms with Gasteiger partial charge in [0.05, 0.1) is 29.1 Å². The lowest BCUT2D eigenvalue weighted by atomic mass is 9.88. The first-order valence-corrected chi connectivity index (χ1v) is 10.2. The molecule has 1 unspecified atom stereocenters. The SMILES string of the molecule is O=C(CC1(O)C(=O)N(Cc2ccc3c(c2)OCO3)c2ccccc21)c1ccccc1[N+](=O)[O-]. The zero-order valence-corrected chi connectivity index (χ0v) is 17.3. The number of anilines is 1. The molecular formula is C24H18N2O7. The monoisotopic (exact) mass is 446 g/mol. The van der Waals surface area contributed by atoms with Gasteiger partial charge in [-0.3, -0.25) is 19.7 Å². The minimum absolute atomic E-state index is 0.123. The van der Waals surface area contributed by atoms with Crippen LogP contribution >= 0.6 is 0 Å². The summed E-state index contributed by atoms with van der Waals surface area (Å²) < 4.78 is 10.7. The molecule has 9 heteroatoms. The Balaban J connectivity index is 1.48. The van der Waals surface area contributed by atoms with Gasteiger partial charge in [0.1, 0.15) is 0 Å². The van der Waals surface area contributed by atoms with E-state index in [9.17, 15) is 24.8 Å². The van der Waals surface area contributed by atoms with Crippen molar-refractivity contribution in [2.45, 2.75) is 18.6 Å². The molecule has 1 amide bonds. The Kier molecular flexibility index (Phi) is 4.83. The minimum Gasteiger partial charge on any atom is -0.454 e. The molecule has 0 aromatic heterocycles. The number of Topliss-reactive ketones (excluding diaryl/α,β-unsaturated/α-hetero) is 1. The number of nitro groups is 1. The largest absolute Gasteiger partial charge is 0.454 e. The number of aliphatic hydroxyl groups is 1. The molecule has 0 saturated heterocycles. The van der Waals surface area contributed by atoms with Crippen molar-refractivity contribution in [3.63, 3.8) is 0 Å². The summed E-state index contributed by atoms with van der Waals surface area (Å²) in [4.78, 5) is 38.5. The van der Waals surface area contributed by atoms with Crippen LogP contribution in [0.3, 0.4) is 0 Å². The fourth-order valence-corrected chi connectivity index (χ4v) is 4.25. The molecule has 3 aromatic carbocycles. The lowest BCUT2D eigenvalue weighted by molar-refractivity contribution is -0.385. The van der Waals surface area contributed by atoms with Gasteiger partial charge in [0, 0.05) is 11.6 Å². The molecule has 0 bridgehead atoms. The number of hydrogen-bond acceptors (Lipinski definition) is 7. The summed E-state index contributed by atoms with van der Waals surface area (Å²) in [5, 5.41) is 22.8. The van der Waals surface area contributed by atoms with Crippen LogP contribution in [-0.2, 0) is 16.9 Å². The number of ether oxygens (including phenoxy) is 2. The summed E-state index contributed by atoms with van der Waals surface area (Å²) in [5.74, 6) is -0.195. The molecule has 3 aromatic rings. The Morgan fingerprint density at radius 3 is 2.61 bits per heavy atom. The van der Waals surface area contributed by atoms with Gasteiger partial charge < -0.3 is 19.5 Å². The number of ketones is 1. The second-order valence-corrected chi connectivity index (χ2v) is 7.83. The van der Waals surface area contributed by atoms with E-state index in [4.69, 9.17) is 9.47 Å². The Morgan fingerprint density at radius 2 is 1.79 bits per heavy atom. The molecule has 0 aliphatic carbocycles. The summed E-state index contributed by atoms with van der Waals surface area (Å²) in [5.41, 5.74) is -1.18. The zero-order chi connectivity index (χ0) is 23.2. The molecule has 2 heterocycles. The van der Waals surface area contributed by atoms with Gasteiger partial charge in [-0.25, -0.2) is 0 Å². The van der Waals surface area contributed by atoms with E-state index >= 15 is 0 Å². The number of rotatable bonds is 6. The number of nitro benzene ring substituents is 1.